The minimum Gasteiger partial charge on any atom is -0.481 e. The Bertz CT molecular complexity index is 371. The number of aliphatic carboxylic acids is 1. The van der Waals surface area contributed by atoms with Gasteiger partial charge in [0.2, 0.25) is 0 Å². The zero-order valence-electron chi connectivity index (χ0n) is 12.1. The molecule has 4 unspecified atom stereocenters. The van der Waals surface area contributed by atoms with Crippen molar-refractivity contribution in [3.63, 3.8) is 0 Å². The van der Waals surface area contributed by atoms with Crippen LogP contribution in [-0.2, 0) is 4.79 Å². The van der Waals surface area contributed by atoms with Gasteiger partial charge in [-0.15, -0.1) is 0 Å². The minimum atomic E-state index is -0.589. The SMILES string of the molecule is CC(C)C1(C(=O)O)CCN(C2CCN3CCC2C3)C1. The number of hydrogen-bond acceptors (Lipinski definition) is 3. The van der Waals surface area contributed by atoms with Gasteiger partial charge in [0.05, 0.1) is 5.41 Å². The topological polar surface area (TPSA) is 43.8 Å². The zero-order chi connectivity index (χ0) is 13.6. The minimum absolute atomic E-state index is 0.221. The first-order chi connectivity index (χ1) is 9.03. The Morgan fingerprint density at radius 2 is 2.00 bits per heavy atom. The zero-order valence-corrected chi connectivity index (χ0v) is 12.1. The van der Waals surface area contributed by atoms with Crippen LogP contribution in [0.1, 0.15) is 33.1 Å². The molecule has 4 atom stereocenters. The maximum absolute atomic E-state index is 11.7. The number of piperidine rings is 1. The molecule has 0 aromatic rings. The van der Waals surface area contributed by atoms with E-state index in [9.17, 15) is 9.90 Å². The molecule has 2 bridgehead atoms. The first-order valence-electron chi connectivity index (χ1n) is 7.73. The molecule has 3 aliphatic heterocycles. The molecule has 3 heterocycles. The quantitative estimate of drug-likeness (QED) is 0.841. The van der Waals surface area contributed by atoms with Crippen molar-refractivity contribution in [2.75, 3.05) is 32.7 Å². The number of hydrogen-bond donors (Lipinski definition) is 1. The number of nitrogens with zero attached hydrogens (tertiary/aromatic N) is 2. The molecular weight excluding hydrogens is 240 g/mol. The van der Waals surface area contributed by atoms with Gasteiger partial charge in [-0.25, -0.2) is 0 Å². The molecule has 3 saturated heterocycles. The van der Waals surface area contributed by atoms with E-state index in [4.69, 9.17) is 0 Å². The maximum atomic E-state index is 11.7. The van der Waals surface area contributed by atoms with Gasteiger partial charge >= 0.3 is 5.97 Å². The Hall–Kier alpha value is -0.610. The van der Waals surface area contributed by atoms with Gasteiger partial charge in [0.15, 0.2) is 0 Å². The first-order valence-corrected chi connectivity index (χ1v) is 7.73. The summed E-state index contributed by atoms with van der Waals surface area (Å²) in [6, 6.07) is 0.638. The largest absolute Gasteiger partial charge is 0.481 e. The Morgan fingerprint density at radius 1 is 1.26 bits per heavy atom. The Labute approximate surface area is 115 Å². The molecule has 4 heteroatoms. The molecule has 3 rings (SSSR count). The van der Waals surface area contributed by atoms with Crippen molar-refractivity contribution in [1.82, 2.24) is 9.80 Å². The summed E-state index contributed by atoms with van der Waals surface area (Å²) in [5.74, 6) is 0.415. The summed E-state index contributed by atoms with van der Waals surface area (Å²) in [6.45, 7) is 9.57. The van der Waals surface area contributed by atoms with Crippen molar-refractivity contribution < 1.29 is 9.90 Å². The van der Waals surface area contributed by atoms with Gasteiger partial charge in [0, 0.05) is 19.1 Å². The van der Waals surface area contributed by atoms with Gasteiger partial charge in [-0.05, 0) is 50.7 Å². The summed E-state index contributed by atoms with van der Waals surface area (Å²) < 4.78 is 0. The molecular formula is C15H26N2O2. The summed E-state index contributed by atoms with van der Waals surface area (Å²) in [7, 11) is 0. The molecule has 0 aromatic carbocycles. The van der Waals surface area contributed by atoms with Gasteiger partial charge in [-0.3, -0.25) is 9.69 Å². The van der Waals surface area contributed by atoms with Gasteiger partial charge in [-0.2, -0.15) is 0 Å². The van der Waals surface area contributed by atoms with E-state index in [1.54, 1.807) is 0 Å². The van der Waals surface area contributed by atoms with Crippen molar-refractivity contribution in [2.45, 2.75) is 39.2 Å². The second-order valence-corrected chi connectivity index (χ2v) is 7.04. The molecule has 0 aromatic heterocycles. The molecule has 19 heavy (non-hydrogen) atoms. The summed E-state index contributed by atoms with van der Waals surface area (Å²) in [4.78, 5) is 16.8. The fourth-order valence-corrected chi connectivity index (χ4v) is 4.45. The molecule has 0 radical (unpaired) electrons. The summed E-state index contributed by atoms with van der Waals surface area (Å²) in [5, 5.41) is 9.65. The average Bonchev–Trinajstić information content (AvgIpc) is 2.96. The average molecular weight is 266 g/mol. The first kappa shape index (κ1) is 13.4. The number of rotatable bonds is 3. The molecule has 3 fully saturated rings. The van der Waals surface area contributed by atoms with E-state index in [1.807, 2.05) is 0 Å². The van der Waals surface area contributed by atoms with E-state index < -0.39 is 11.4 Å². The lowest BCUT2D eigenvalue weighted by molar-refractivity contribution is -0.151. The Morgan fingerprint density at radius 3 is 2.63 bits per heavy atom. The molecule has 4 nitrogen and oxygen atoms in total. The fraction of sp³-hybridized carbons (Fsp3) is 0.933. The van der Waals surface area contributed by atoms with Crippen molar-refractivity contribution in [3.05, 3.63) is 0 Å². The highest BCUT2D eigenvalue weighted by Crippen LogP contribution is 2.42. The third-order valence-electron chi connectivity index (χ3n) is 5.92. The molecule has 0 spiro atoms. The van der Waals surface area contributed by atoms with Crippen LogP contribution in [0.2, 0.25) is 0 Å². The van der Waals surface area contributed by atoms with E-state index in [0.717, 1.165) is 25.4 Å². The number of likely N-dealkylation sites (tertiary alicyclic amines) is 1. The third-order valence-corrected chi connectivity index (χ3v) is 5.92. The highest BCUT2D eigenvalue weighted by molar-refractivity contribution is 5.75. The lowest BCUT2D eigenvalue weighted by atomic mass is 9.76. The molecule has 0 aliphatic carbocycles. The lowest BCUT2D eigenvalue weighted by Gasteiger charge is -2.38. The van der Waals surface area contributed by atoms with Crippen LogP contribution in [0, 0.1) is 17.3 Å². The lowest BCUT2D eigenvalue weighted by Crippen LogP contribution is -2.47. The molecule has 1 N–H and O–H groups in total. The highest BCUT2D eigenvalue weighted by atomic mass is 16.4. The molecule has 0 saturated carbocycles. The van der Waals surface area contributed by atoms with Crippen molar-refractivity contribution in [2.24, 2.45) is 17.3 Å². The molecule has 0 amide bonds. The normalized spacial score (nSPS) is 43.0. The van der Waals surface area contributed by atoms with E-state index in [1.165, 1.54) is 32.5 Å². The number of carboxylic acid groups (broad SMARTS) is 1. The number of carbonyl (C=O) groups is 1. The van der Waals surface area contributed by atoms with Crippen LogP contribution in [0.15, 0.2) is 0 Å². The third kappa shape index (κ3) is 2.09. The standard InChI is InChI=1S/C15H26N2O2/c1-11(2)15(14(18)19)5-8-17(10-15)13-4-7-16-6-3-12(13)9-16/h11-13H,3-10H2,1-2H3,(H,18,19). The van der Waals surface area contributed by atoms with E-state index >= 15 is 0 Å². The Balaban J connectivity index is 1.73. The smallest absolute Gasteiger partial charge is 0.311 e. The van der Waals surface area contributed by atoms with Gasteiger partial charge in [0.1, 0.15) is 0 Å². The van der Waals surface area contributed by atoms with Crippen molar-refractivity contribution in [1.29, 1.82) is 0 Å². The van der Waals surface area contributed by atoms with Gasteiger partial charge in [0.25, 0.3) is 0 Å². The number of carboxylic acids is 1. The highest BCUT2D eigenvalue weighted by Gasteiger charge is 2.50. The summed E-state index contributed by atoms with van der Waals surface area (Å²) >= 11 is 0. The van der Waals surface area contributed by atoms with E-state index in [2.05, 4.69) is 23.6 Å². The second kappa shape index (κ2) is 4.74. The molecule has 108 valence electrons. The van der Waals surface area contributed by atoms with Crippen LogP contribution in [0.4, 0.5) is 0 Å². The molecule has 3 aliphatic rings. The van der Waals surface area contributed by atoms with Crippen LogP contribution in [-0.4, -0.2) is 59.6 Å². The fourth-order valence-electron chi connectivity index (χ4n) is 4.45. The summed E-state index contributed by atoms with van der Waals surface area (Å²) in [6.07, 6.45) is 3.37. The number of fused-ring (bicyclic) bond motifs is 2. The van der Waals surface area contributed by atoms with Crippen LogP contribution < -0.4 is 0 Å². The Kier molecular flexibility index (Phi) is 3.34. The van der Waals surface area contributed by atoms with Gasteiger partial charge < -0.3 is 10.0 Å². The monoisotopic (exact) mass is 266 g/mol. The van der Waals surface area contributed by atoms with E-state index in [0.29, 0.717) is 6.04 Å². The van der Waals surface area contributed by atoms with Crippen LogP contribution in [0.5, 0.6) is 0 Å². The van der Waals surface area contributed by atoms with E-state index in [-0.39, 0.29) is 5.92 Å². The predicted molar refractivity (Wildman–Crippen MR) is 74.0 cm³/mol. The summed E-state index contributed by atoms with van der Waals surface area (Å²) in [5.41, 5.74) is -0.504. The maximum Gasteiger partial charge on any atom is 0.311 e. The predicted octanol–water partition coefficient (Wildman–Crippen LogP) is 1.51. The van der Waals surface area contributed by atoms with Crippen molar-refractivity contribution >= 4 is 5.97 Å². The van der Waals surface area contributed by atoms with Crippen LogP contribution in [0.25, 0.3) is 0 Å². The second-order valence-electron chi connectivity index (χ2n) is 7.04. The van der Waals surface area contributed by atoms with Crippen LogP contribution >= 0.6 is 0 Å². The van der Waals surface area contributed by atoms with Crippen molar-refractivity contribution in [3.8, 4) is 0 Å². The van der Waals surface area contributed by atoms with Crippen LogP contribution in [0.3, 0.4) is 0 Å². The van der Waals surface area contributed by atoms with Gasteiger partial charge in [-0.1, -0.05) is 13.8 Å².